The van der Waals surface area contributed by atoms with E-state index in [1.54, 1.807) is 12.1 Å². The Balaban J connectivity index is 2.93. The molecule has 0 saturated heterocycles. The Morgan fingerprint density at radius 2 is 2.33 bits per heavy atom. The first-order chi connectivity index (χ1) is 7.13. The number of carbonyl (C=O) groups is 1. The molecule has 0 aliphatic carbocycles. The number of isocyanates is 1. The second-order valence-corrected chi connectivity index (χ2v) is 3.04. The van der Waals surface area contributed by atoms with Gasteiger partial charge in [-0.25, -0.2) is 14.6 Å². The van der Waals surface area contributed by atoms with Gasteiger partial charge in [-0.15, -0.1) is 0 Å². The average molecular weight is 205 g/mol. The summed E-state index contributed by atoms with van der Waals surface area (Å²) in [5, 5.41) is 2.45. The minimum Gasteiger partial charge on any atom is -0.351 e. The summed E-state index contributed by atoms with van der Waals surface area (Å²) in [5.74, 6) is 0. The van der Waals surface area contributed by atoms with Crippen LogP contribution in [-0.4, -0.2) is 12.1 Å². The molecule has 3 N–H and O–H groups in total. The molecule has 0 aliphatic rings. The summed E-state index contributed by atoms with van der Waals surface area (Å²) in [4.78, 5) is 24.0. The number of benzene rings is 1. The number of rotatable bonds is 3. The van der Waals surface area contributed by atoms with Gasteiger partial charge in [0.15, 0.2) is 0 Å². The number of nitrogens with zero attached hydrogens (tertiary/aromatic N) is 1. The highest BCUT2D eigenvalue weighted by molar-refractivity contribution is 5.87. The number of hydrogen-bond donors (Lipinski definition) is 2. The summed E-state index contributed by atoms with van der Waals surface area (Å²) < 4.78 is 0. The Labute approximate surface area is 87.0 Å². The van der Waals surface area contributed by atoms with E-state index in [1.807, 2.05) is 13.0 Å². The summed E-state index contributed by atoms with van der Waals surface area (Å²) in [5.41, 5.74) is 7.41. The van der Waals surface area contributed by atoms with E-state index in [0.717, 1.165) is 11.1 Å². The molecular weight excluding hydrogens is 194 g/mol. The van der Waals surface area contributed by atoms with Crippen molar-refractivity contribution in [3.63, 3.8) is 0 Å². The second kappa shape index (κ2) is 4.93. The predicted molar refractivity (Wildman–Crippen MR) is 56.2 cm³/mol. The maximum Gasteiger partial charge on any atom is 0.316 e. The van der Waals surface area contributed by atoms with E-state index in [2.05, 4.69) is 10.3 Å². The zero-order chi connectivity index (χ0) is 11.3. The van der Waals surface area contributed by atoms with Gasteiger partial charge in [0.2, 0.25) is 6.08 Å². The molecule has 78 valence electrons. The normalized spacial score (nSPS) is 9.13. The van der Waals surface area contributed by atoms with Gasteiger partial charge in [-0.05, 0) is 30.2 Å². The van der Waals surface area contributed by atoms with Crippen LogP contribution in [0.3, 0.4) is 0 Å². The molecule has 5 nitrogen and oxygen atoms in total. The van der Waals surface area contributed by atoms with Crippen molar-refractivity contribution < 1.29 is 9.59 Å². The minimum absolute atomic E-state index is 0.254. The maximum atomic E-state index is 10.6. The molecule has 0 unspecified atom stereocenters. The zero-order valence-electron chi connectivity index (χ0n) is 8.28. The molecule has 15 heavy (non-hydrogen) atoms. The highest BCUT2D eigenvalue weighted by Crippen LogP contribution is 2.15. The van der Waals surface area contributed by atoms with E-state index in [1.165, 1.54) is 6.08 Å². The van der Waals surface area contributed by atoms with Crippen LogP contribution in [-0.2, 0) is 11.3 Å². The molecule has 0 saturated carbocycles. The highest BCUT2D eigenvalue weighted by atomic mass is 16.2. The monoisotopic (exact) mass is 205 g/mol. The maximum absolute atomic E-state index is 10.6. The third kappa shape index (κ3) is 3.25. The van der Waals surface area contributed by atoms with E-state index in [9.17, 15) is 9.59 Å². The summed E-state index contributed by atoms with van der Waals surface area (Å²) in [7, 11) is 0. The fourth-order valence-corrected chi connectivity index (χ4v) is 1.18. The van der Waals surface area contributed by atoms with Gasteiger partial charge in [0.1, 0.15) is 0 Å². The molecule has 1 rings (SSSR count). The summed E-state index contributed by atoms with van der Waals surface area (Å²) in [6.07, 6.45) is 1.47. The molecule has 0 fully saturated rings. The number of hydrogen-bond acceptors (Lipinski definition) is 3. The smallest absolute Gasteiger partial charge is 0.316 e. The van der Waals surface area contributed by atoms with E-state index >= 15 is 0 Å². The number of anilines is 1. The molecule has 5 heteroatoms. The number of nitrogens with two attached hydrogens (primary N) is 1. The molecule has 0 atom stereocenters. The van der Waals surface area contributed by atoms with Crippen LogP contribution >= 0.6 is 0 Å². The molecular formula is C10H11N3O2. The van der Waals surface area contributed by atoms with E-state index in [4.69, 9.17) is 5.73 Å². The lowest BCUT2D eigenvalue weighted by Gasteiger charge is -2.06. The summed E-state index contributed by atoms with van der Waals surface area (Å²) in [6.45, 7) is 2.15. The first-order valence-corrected chi connectivity index (χ1v) is 4.33. The van der Waals surface area contributed by atoms with Gasteiger partial charge < -0.3 is 11.1 Å². The predicted octanol–water partition coefficient (Wildman–Crippen LogP) is 1.32. The van der Waals surface area contributed by atoms with Crippen molar-refractivity contribution >= 4 is 17.8 Å². The van der Waals surface area contributed by atoms with Crippen molar-refractivity contribution in [2.45, 2.75) is 13.5 Å². The van der Waals surface area contributed by atoms with Gasteiger partial charge in [-0.1, -0.05) is 6.07 Å². The van der Waals surface area contributed by atoms with Crippen molar-refractivity contribution in [2.24, 2.45) is 10.7 Å². The van der Waals surface area contributed by atoms with Gasteiger partial charge in [0.25, 0.3) is 0 Å². The molecule has 0 radical (unpaired) electrons. The molecule has 0 bridgehead atoms. The van der Waals surface area contributed by atoms with Crippen molar-refractivity contribution in [1.29, 1.82) is 0 Å². The number of carbonyl (C=O) groups excluding carboxylic acids is 2. The first-order valence-electron chi connectivity index (χ1n) is 4.33. The third-order valence-corrected chi connectivity index (χ3v) is 1.93. The SMILES string of the molecule is Cc1ccc(NC(N)=O)cc1CN=C=O. The highest BCUT2D eigenvalue weighted by Gasteiger charge is 2.01. The molecule has 2 amide bonds. The molecule has 1 aromatic carbocycles. The molecule has 0 heterocycles. The van der Waals surface area contributed by atoms with Gasteiger partial charge in [0, 0.05) is 5.69 Å². The molecule has 0 spiro atoms. The van der Waals surface area contributed by atoms with E-state index in [0.29, 0.717) is 5.69 Å². The van der Waals surface area contributed by atoms with E-state index in [-0.39, 0.29) is 6.54 Å². The van der Waals surface area contributed by atoms with Gasteiger partial charge >= 0.3 is 6.03 Å². The Bertz CT molecular complexity index is 423. The van der Waals surface area contributed by atoms with Crippen LogP contribution in [0.4, 0.5) is 10.5 Å². The number of primary amides is 1. The minimum atomic E-state index is -0.622. The van der Waals surface area contributed by atoms with Gasteiger partial charge in [-0.3, -0.25) is 0 Å². The lowest BCUT2D eigenvalue weighted by atomic mass is 10.1. The number of aryl methyl sites for hydroxylation is 1. The van der Waals surface area contributed by atoms with Crippen LogP contribution in [0.25, 0.3) is 0 Å². The van der Waals surface area contributed by atoms with Gasteiger partial charge in [0.05, 0.1) is 6.54 Å². The molecule has 1 aromatic rings. The largest absolute Gasteiger partial charge is 0.351 e. The topological polar surface area (TPSA) is 84.5 Å². The summed E-state index contributed by atoms with van der Waals surface area (Å²) >= 11 is 0. The Morgan fingerprint density at radius 3 is 2.93 bits per heavy atom. The number of aliphatic imine (C=N–C) groups is 1. The zero-order valence-corrected chi connectivity index (χ0v) is 8.28. The first kappa shape index (κ1) is 10.9. The van der Waals surface area contributed by atoms with Crippen LogP contribution in [0.2, 0.25) is 0 Å². The average Bonchev–Trinajstić information content (AvgIpc) is 2.18. The van der Waals surface area contributed by atoms with Crippen molar-refractivity contribution in [3.8, 4) is 0 Å². The fraction of sp³-hybridized carbons (Fsp3) is 0.200. The number of amides is 2. The lowest BCUT2D eigenvalue weighted by molar-refractivity contribution is 0.259. The third-order valence-electron chi connectivity index (χ3n) is 1.93. The Morgan fingerprint density at radius 1 is 1.60 bits per heavy atom. The van der Waals surface area contributed by atoms with Crippen LogP contribution in [0.5, 0.6) is 0 Å². The number of nitrogens with one attached hydrogen (secondary N) is 1. The summed E-state index contributed by atoms with van der Waals surface area (Å²) in [6, 6.07) is 4.65. The van der Waals surface area contributed by atoms with Crippen molar-refractivity contribution in [3.05, 3.63) is 29.3 Å². The molecule has 0 aromatic heterocycles. The van der Waals surface area contributed by atoms with Crippen molar-refractivity contribution in [2.75, 3.05) is 5.32 Å². The number of urea groups is 1. The second-order valence-electron chi connectivity index (χ2n) is 3.04. The molecule has 0 aliphatic heterocycles. The fourth-order valence-electron chi connectivity index (χ4n) is 1.18. The van der Waals surface area contributed by atoms with Crippen LogP contribution in [0.1, 0.15) is 11.1 Å². The standard InChI is InChI=1S/C10H11N3O2/c1-7-2-3-9(13-10(11)15)4-8(7)5-12-6-14/h2-4H,5H2,1H3,(H3,11,13,15). The van der Waals surface area contributed by atoms with Crippen molar-refractivity contribution in [1.82, 2.24) is 0 Å². The lowest BCUT2D eigenvalue weighted by Crippen LogP contribution is -2.19. The van der Waals surface area contributed by atoms with Gasteiger partial charge in [-0.2, -0.15) is 0 Å². The van der Waals surface area contributed by atoms with E-state index < -0.39 is 6.03 Å². The Hall–Kier alpha value is -2.13. The van der Waals surface area contributed by atoms with Crippen LogP contribution < -0.4 is 11.1 Å². The Kier molecular flexibility index (Phi) is 3.60. The van der Waals surface area contributed by atoms with Crippen LogP contribution in [0.15, 0.2) is 23.2 Å². The van der Waals surface area contributed by atoms with Crippen LogP contribution in [0, 0.1) is 6.92 Å². The quantitative estimate of drug-likeness (QED) is 0.576.